The van der Waals surface area contributed by atoms with Gasteiger partial charge in [-0.15, -0.1) is 4.40 Å². The zero-order valence-electron chi connectivity index (χ0n) is 17.4. The van der Waals surface area contributed by atoms with Gasteiger partial charge in [-0.1, -0.05) is 0 Å². The van der Waals surface area contributed by atoms with Crippen LogP contribution in [-0.4, -0.2) is 50.5 Å². The molecule has 0 spiro atoms. The zero-order valence-corrected chi connectivity index (χ0v) is 19.0. The molecule has 0 aliphatic carbocycles. The zero-order chi connectivity index (χ0) is 22.9. The van der Waals surface area contributed by atoms with E-state index in [0.717, 1.165) is 5.69 Å². The number of sulfonamides is 1. The Labute approximate surface area is 189 Å². The second kappa shape index (κ2) is 8.83. The number of nitrogens with one attached hydrogen (secondary N) is 1. The number of amides is 1. The normalized spacial score (nSPS) is 16.9. The van der Waals surface area contributed by atoms with Gasteiger partial charge in [-0.2, -0.15) is 0 Å². The summed E-state index contributed by atoms with van der Waals surface area (Å²) in [5, 5.41) is 3.07. The number of nitrogens with zero attached hydrogens (tertiary/aromatic N) is 2. The van der Waals surface area contributed by atoms with E-state index in [1.165, 1.54) is 18.7 Å². The molecule has 2 heterocycles. The molecular weight excluding hydrogens is 454 g/mol. The van der Waals surface area contributed by atoms with Crippen LogP contribution in [0.25, 0.3) is 0 Å². The third-order valence-electron chi connectivity index (χ3n) is 4.79. The molecule has 168 valence electrons. The summed E-state index contributed by atoms with van der Waals surface area (Å²) < 4.78 is 37.9. The molecule has 2 aromatic rings. The highest BCUT2D eigenvalue weighted by atomic mass is 32.2. The number of benzene rings is 2. The Bertz CT molecular complexity index is 1190. The first-order valence-corrected chi connectivity index (χ1v) is 12.3. The van der Waals surface area contributed by atoms with Crippen LogP contribution in [0.4, 0.5) is 11.4 Å². The average Bonchev–Trinajstić information content (AvgIpc) is 3.10. The van der Waals surface area contributed by atoms with Crippen molar-refractivity contribution in [3.05, 3.63) is 48.0 Å². The molecule has 9 nitrogen and oxygen atoms in total. The minimum absolute atomic E-state index is 0.0543. The highest BCUT2D eigenvalue weighted by molar-refractivity contribution is 8.15. The summed E-state index contributed by atoms with van der Waals surface area (Å²) in [6, 6.07) is 11.8. The summed E-state index contributed by atoms with van der Waals surface area (Å²) in [7, 11) is -3.46. The number of anilines is 2. The van der Waals surface area contributed by atoms with Gasteiger partial charge in [-0.3, -0.25) is 4.79 Å². The smallest absolute Gasteiger partial charge is 0.338 e. The molecule has 1 atom stereocenters. The van der Waals surface area contributed by atoms with Gasteiger partial charge in [0, 0.05) is 17.1 Å². The molecule has 1 N–H and O–H groups in total. The van der Waals surface area contributed by atoms with Crippen LogP contribution in [0.3, 0.4) is 0 Å². The van der Waals surface area contributed by atoms with E-state index in [2.05, 4.69) is 9.71 Å². The highest BCUT2D eigenvalue weighted by Gasteiger charge is 2.33. The lowest BCUT2D eigenvalue weighted by molar-refractivity contribution is -0.123. The first-order valence-electron chi connectivity index (χ1n) is 9.92. The number of amidine groups is 1. The van der Waals surface area contributed by atoms with Crippen LogP contribution in [0, 0.1) is 0 Å². The molecule has 1 unspecified atom stereocenters. The number of fused-ring (bicyclic) bond motifs is 3. The lowest BCUT2D eigenvalue weighted by atomic mass is 10.2. The maximum atomic E-state index is 12.6. The minimum atomic E-state index is -3.46. The number of hydrogen-bond donors (Lipinski definition) is 1. The van der Waals surface area contributed by atoms with Gasteiger partial charge in [-0.25, -0.2) is 13.2 Å². The van der Waals surface area contributed by atoms with Crippen molar-refractivity contribution in [2.45, 2.75) is 24.8 Å². The molecule has 4 rings (SSSR count). The predicted octanol–water partition coefficient (Wildman–Crippen LogP) is 2.88. The van der Waals surface area contributed by atoms with Crippen molar-refractivity contribution in [2.75, 3.05) is 29.1 Å². The van der Waals surface area contributed by atoms with Crippen molar-refractivity contribution >= 4 is 50.2 Å². The Morgan fingerprint density at radius 2 is 1.97 bits per heavy atom. The number of hydrogen-bond acceptors (Lipinski definition) is 8. The van der Waals surface area contributed by atoms with Crippen LogP contribution < -0.4 is 15.0 Å². The van der Waals surface area contributed by atoms with E-state index in [0.29, 0.717) is 34.7 Å². The molecule has 0 aromatic heterocycles. The molecule has 0 bridgehead atoms. The van der Waals surface area contributed by atoms with Gasteiger partial charge < -0.3 is 19.7 Å². The largest absolute Gasteiger partial charge is 0.494 e. The summed E-state index contributed by atoms with van der Waals surface area (Å²) >= 11 is 1.18. The summed E-state index contributed by atoms with van der Waals surface area (Å²) in [6.07, 6.45) is -1.02. The quantitative estimate of drug-likeness (QED) is 0.635. The number of ether oxygens (including phenoxy) is 2. The minimum Gasteiger partial charge on any atom is -0.494 e. The lowest BCUT2D eigenvalue weighted by Crippen LogP contribution is -2.35. The summed E-state index contributed by atoms with van der Waals surface area (Å²) in [5.74, 6) is -0.475. The lowest BCUT2D eigenvalue weighted by Gasteiger charge is -2.22. The number of rotatable bonds is 6. The van der Waals surface area contributed by atoms with Gasteiger partial charge in [0.15, 0.2) is 11.3 Å². The number of carbonyl (C=O) groups excluding carboxylic acids is 2. The van der Waals surface area contributed by atoms with E-state index >= 15 is 0 Å². The van der Waals surface area contributed by atoms with Gasteiger partial charge in [-0.05, 0) is 68.1 Å². The van der Waals surface area contributed by atoms with Gasteiger partial charge in [0.1, 0.15) is 5.75 Å². The number of esters is 1. The summed E-state index contributed by atoms with van der Waals surface area (Å²) in [6.45, 7) is 4.23. The monoisotopic (exact) mass is 475 g/mol. The van der Waals surface area contributed by atoms with Crippen molar-refractivity contribution in [2.24, 2.45) is 4.40 Å². The molecular formula is C21H21N3O6S2. The second-order valence-electron chi connectivity index (χ2n) is 7.09. The van der Waals surface area contributed by atoms with E-state index in [-0.39, 0.29) is 11.3 Å². The van der Waals surface area contributed by atoms with Gasteiger partial charge >= 0.3 is 5.97 Å². The Morgan fingerprint density at radius 3 is 2.69 bits per heavy atom. The maximum Gasteiger partial charge on any atom is 0.338 e. The van der Waals surface area contributed by atoms with E-state index in [9.17, 15) is 18.0 Å². The molecule has 32 heavy (non-hydrogen) atoms. The Hall–Kier alpha value is -3.05. The van der Waals surface area contributed by atoms with Crippen molar-refractivity contribution in [1.82, 2.24) is 0 Å². The summed E-state index contributed by atoms with van der Waals surface area (Å²) in [4.78, 5) is 27.5. The van der Waals surface area contributed by atoms with Crippen LogP contribution >= 0.6 is 11.8 Å². The molecule has 1 amide bonds. The fourth-order valence-corrected chi connectivity index (χ4v) is 5.48. The molecule has 2 aliphatic heterocycles. The van der Waals surface area contributed by atoms with Gasteiger partial charge in [0.25, 0.3) is 15.9 Å². The van der Waals surface area contributed by atoms with Crippen molar-refractivity contribution in [3.63, 3.8) is 0 Å². The van der Waals surface area contributed by atoms with E-state index in [1.54, 1.807) is 42.5 Å². The van der Waals surface area contributed by atoms with Crippen molar-refractivity contribution in [3.8, 4) is 5.75 Å². The van der Waals surface area contributed by atoms with Crippen molar-refractivity contribution in [1.29, 1.82) is 0 Å². The SMILES string of the molecule is CCOc1ccc(NC(=O)C(C)OC(=O)c2ccc3c(c2)SC2=NS(=O)(=O)CCN23)cc1. The Kier molecular flexibility index (Phi) is 6.11. The molecule has 2 aromatic carbocycles. The molecule has 0 radical (unpaired) electrons. The number of carbonyl (C=O) groups is 2. The summed E-state index contributed by atoms with van der Waals surface area (Å²) in [5.41, 5.74) is 1.62. The van der Waals surface area contributed by atoms with Crippen molar-refractivity contribution < 1.29 is 27.5 Å². The first kappa shape index (κ1) is 22.2. The molecule has 2 aliphatic rings. The van der Waals surface area contributed by atoms with Crippen LogP contribution in [-0.2, 0) is 19.6 Å². The second-order valence-corrected chi connectivity index (χ2v) is 9.85. The average molecular weight is 476 g/mol. The standard InChI is InChI=1S/C21H21N3O6S2/c1-3-29-16-7-5-15(6-8-16)22-19(25)13(2)30-20(26)14-4-9-17-18(12-14)31-21-23-32(27,28)11-10-24(17)21/h4-9,12-13H,3,10-11H2,1-2H3,(H,22,25). The number of thioether (sulfide) groups is 1. The fraction of sp³-hybridized carbons (Fsp3) is 0.286. The van der Waals surface area contributed by atoms with E-state index < -0.39 is 28.0 Å². The van der Waals surface area contributed by atoms with Crippen LogP contribution in [0.1, 0.15) is 24.2 Å². The van der Waals surface area contributed by atoms with E-state index in [1.807, 2.05) is 11.8 Å². The maximum absolute atomic E-state index is 12.6. The topological polar surface area (TPSA) is 114 Å². The van der Waals surface area contributed by atoms with Gasteiger partial charge in [0.05, 0.1) is 23.6 Å². The predicted molar refractivity (Wildman–Crippen MR) is 122 cm³/mol. The Balaban J connectivity index is 1.40. The molecule has 0 saturated heterocycles. The molecule has 0 saturated carbocycles. The molecule has 0 fully saturated rings. The van der Waals surface area contributed by atoms with Crippen LogP contribution in [0.15, 0.2) is 51.8 Å². The van der Waals surface area contributed by atoms with E-state index in [4.69, 9.17) is 9.47 Å². The fourth-order valence-electron chi connectivity index (χ4n) is 3.18. The van der Waals surface area contributed by atoms with Crippen LogP contribution in [0.2, 0.25) is 0 Å². The molecule has 11 heteroatoms. The highest BCUT2D eigenvalue weighted by Crippen LogP contribution is 2.42. The Morgan fingerprint density at radius 1 is 1.22 bits per heavy atom. The third kappa shape index (κ3) is 4.73. The van der Waals surface area contributed by atoms with Crippen LogP contribution in [0.5, 0.6) is 5.75 Å². The van der Waals surface area contributed by atoms with Gasteiger partial charge in [0.2, 0.25) is 0 Å². The third-order valence-corrected chi connectivity index (χ3v) is 7.10. The first-order chi connectivity index (χ1) is 15.3.